The Balaban J connectivity index is 1.89. The van der Waals surface area contributed by atoms with Gasteiger partial charge in [0.1, 0.15) is 0 Å². The first-order valence-electron chi connectivity index (χ1n) is 6.73. The molecular formula is C16H13F3N2O. The molecule has 3 rings (SSSR count). The second-order valence-corrected chi connectivity index (χ2v) is 4.78. The molecule has 0 atom stereocenters. The van der Waals surface area contributed by atoms with Crippen LogP contribution in [0.25, 0.3) is 22.0 Å². The van der Waals surface area contributed by atoms with Crippen molar-refractivity contribution in [3.8, 4) is 11.1 Å². The predicted octanol–water partition coefficient (Wildman–Crippen LogP) is 4.24. The van der Waals surface area contributed by atoms with E-state index in [9.17, 15) is 13.2 Å². The average molecular weight is 306 g/mol. The normalized spacial score (nSPS) is 12.0. The fraction of sp³-hybridized carbons (Fsp3) is 0.188. The number of pyridine rings is 1. The van der Waals surface area contributed by atoms with Crippen LogP contribution in [0, 0.1) is 0 Å². The highest BCUT2D eigenvalue weighted by atomic mass is 19.4. The highest BCUT2D eigenvalue weighted by Gasteiger charge is 2.28. The van der Waals surface area contributed by atoms with E-state index in [1.165, 1.54) is 0 Å². The first-order chi connectivity index (χ1) is 10.5. The van der Waals surface area contributed by atoms with Crippen LogP contribution in [-0.2, 0) is 11.3 Å². The Morgan fingerprint density at radius 1 is 1.05 bits per heavy atom. The van der Waals surface area contributed by atoms with Crippen LogP contribution < -0.4 is 0 Å². The number of alkyl halides is 3. The molecule has 3 nitrogen and oxygen atoms in total. The van der Waals surface area contributed by atoms with Crippen LogP contribution >= 0.6 is 0 Å². The summed E-state index contributed by atoms with van der Waals surface area (Å²) in [5.41, 5.74) is 2.92. The van der Waals surface area contributed by atoms with Crippen molar-refractivity contribution in [2.75, 3.05) is 6.61 Å². The smallest absolute Gasteiger partial charge is 0.345 e. The van der Waals surface area contributed by atoms with E-state index in [0.717, 1.165) is 22.0 Å². The Labute approximate surface area is 125 Å². The summed E-state index contributed by atoms with van der Waals surface area (Å²) in [5.74, 6) is 0. The SMILES string of the molecule is FC(F)(F)OCCn1ccc2c(-c3ccncc3)cccc21. The molecule has 0 aliphatic carbocycles. The Hall–Kier alpha value is -2.34. The minimum absolute atomic E-state index is 0.142. The molecule has 1 aromatic carbocycles. The summed E-state index contributed by atoms with van der Waals surface area (Å²) in [7, 11) is 0. The van der Waals surface area contributed by atoms with E-state index in [-0.39, 0.29) is 6.54 Å². The molecule has 0 saturated heterocycles. The maximum atomic E-state index is 12.0. The summed E-state index contributed by atoms with van der Waals surface area (Å²) in [4.78, 5) is 3.99. The van der Waals surface area contributed by atoms with Gasteiger partial charge in [-0.1, -0.05) is 12.1 Å². The van der Waals surface area contributed by atoms with Crippen molar-refractivity contribution >= 4 is 10.9 Å². The standard InChI is InChI=1S/C16H13F3N2O/c17-16(18,19)22-11-10-21-9-6-14-13(2-1-3-15(14)21)12-4-7-20-8-5-12/h1-9H,10-11H2. The van der Waals surface area contributed by atoms with Crippen molar-refractivity contribution in [1.82, 2.24) is 9.55 Å². The Morgan fingerprint density at radius 2 is 1.82 bits per heavy atom. The summed E-state index contributed by atoms with van der Waals surface area (Å²) >= 11 is 0. The van der Waals surface area contributed by atoms with E-state index in [4.69, 9.17) is 0 Å². The molecule has 0 spiro atoms. The fourth-order valence-corrected chi connectivity index (χ4v) is 2.46. The first-order valence-corrected chi connectivity index (χ1v) is 6.73. The van der Waals surface area contributed by atoms with Crippen molar-refractivity contribution in [2.24, 2.45) is 0 Å². The topological polar surface area (TPSA) is 27.1 Å². The lowest BCUT2D eigenvalue weighted by molar-refractivity contribution is -0.325. The van der Waals surface area contributed by atoms with Crippen LogP contribution in [0.2, 0.25) is 0 Å². The van der Waals surface area contributed by atoms with Gasteiger partial charge in [0.2, 0.25) is 0 Å². The molecule has 0 bridgehead atoms. The first kappa shape index (κ1) is 14.6. The number of ether oxygens (including phenoxy) is 1. The fourth-order valence-electron chi connectivity index (χ4n) is 2.46. The van der Waals surface area contributed by atoms with E-state index in [1.54, 1.807) is 23.2 Å². The van der Waals surface area contributed by atoms with E-state index < -0.39 is 13.0 Å². The molecule has 0 unspecified atom stereocenters. The van der Waals surface area contributed by atoms with Gasteiger partial charge in [0.05, 0.1) is 6.61 Å². The second kappa shape index (κ2) is 5.81. The van der Waals surface area contributed by atoms with Crippen LogP contribution in [0.4, 0.5) is 13.2 Å². The molecule has 0 saturated carbocycles. The summed E-state index contributed by atoms with van der Waals surface area (Å²) in [6.45, 7) is -0.268. The third kappa shape index (κ3) is 3.12. The molecule has 2 aromatic heterocycles. The lowest BCUT2D eigenvalue weighted by Crippen LogP contribution is -2.17. The summed E-state index contributed by atoms with van der Waals surface area (Å²) < 4.78 is 41.7. The van der Waals surface area contributed by atoms with Crippen molar-refractivity contribution in [1.29, 1.82) is 0 Å². The third-order valence-corrected chi connectivity index (χ3v) is 3.40. The highest BCUT2D eigenvalue weighted by Crippen LogP contribution is 2.29. The molecule has 3 aromatic rings. The van der Waals surface area contributed by atoms with Gasteiger partial charge in [-0.25, -0.2) is 0 Å². The predicted molar refractivity (Wildman–Crippen MR) is 77.2 cm³/mol. The number of hydrogen-bond acceptors (Lipinski definition) is 2. The molecule has 2 heterocycles. The van der Waals surface area contributed by atoms with E-state index >= 15 is 0 Å². The van der Waals surface area contributed by atoms with E-state index in [0.29, 0.717) is 0 Å². The molecular weight excluding hydrogens is 293 g/mol. The van der Waals surface area contributed by atoms with E-state index in [2.05, 4.69) is 9.72 Å². The van der Waals surface area contributed by atoms with Crippen LogP contribution in [0.3, 0.4) is 0 Å². The number of hydrogen-bond donors (Lipinski definition) is 0. The highest BCUT2D eigenvalue weighted by molar-refractivity contribution is 5.95. The van der Waals surface area contributed by atoms with Crippen LogP contribution in [0.15, 0.2) is 55.0 Å². The monoisotopic (exact) mass is 306 g/mol. The van der Waals surface area contributed by atoms with Gasteiger partial charge < -0.3 is 4.57 Å². The number of nitrogens with zero attached hydrogens (tertiary/aromatic N) is 2. The maximum Gasteiger partial charge on any atom is 0.522 e. The Bertz CT molecular complexity index is 766. The van der Waals surface area contributed by atoms with Crippen LogP contribution in [0.5, 0.6) is 0 Å². The quantitative estimate of drug-likeness (QED) is 0.721. The molecule has 0 fully saturated rings. The molecule has 0 aliphatic heterocycles. The lowest BCUT2D eigenvalue weighted by Gasteiger charge is -2.09. The minimum atomic E-state index is -4.59. The van der Waals surface area contributed by atoms with Crippen molar-refractivity contribution in [3.63, 3.8) is 0 Å². The van der Waals surface area contributed by atoms with Gasteiger partial charge in [0.15, 0.2) is 0 Å². The Morgan fingerprint density at radius 3 is 2.55 bits per heavy atom. The van der Waals surface area contributed by atoms with E-state index in [1.807, 2.05) is 36.4 Å². The van der Waals surface area contributed by atoms with Gasteiger partial charge in [0, 0.05) is 36.0 Å². The zero-order valence-corrected chi connectivity index (χ0v) is 11.5. The van der Waals surface area contributed by atoms with Crippen molar-refractivity contribution < 1.29 is 17.9 Å². The number of fused-ring (bicyclic) bond motifs is 1. The van der Waals surface area contributed by atoms with Crippen LogP contribution in [0.1, 0.15) is 0 Å². The molecule has 6 heteroatoms. The van der Waals surface area contributed by atoms with Gasteiger partial charge in [-0.15, -0.1) is 13.2 Å². The number of benzene rings is 1. The number of rotatable bonds is 4. The van der Waals surface area contributed by atoms with Gasteiger partial charge in [0.25, 0.3) is 0 Å². The average Bonchev–Trinajstić information content (AvgIpc) is 2.90. The summed E-state index contributed by atoms with van der Waals surface area (Å²) in [6.07, 6.45) is 0.602. The largest absolute Gasteiger partial charge is 0.522 e. The minimum Gasteiger partial charge on any atom is -0.345 e. The molecule has 0 aliphatic rings. The molecule has 114 valence electrons. The number of halogens is 3. The van der Waals surface area contributed by atoms with Gasteiger partial charge in [-0.05, 0) is 35.4 Å². The van der Waals surface area contributed by atoms with Gasteiger partial charge in [-0.2, -0.15) is 0 Å². The van der Waals surface area contributed by atoms with Gasteiger partial charge >= 0.3 is 6.36 Å². The Kier molecular flexibility index (Phi) is 3.85. The summed E-state index contributed by atoms with van der Waals surface area (Å²) in [5, 5.41) is 0.987. The molecule has 0 amide bonds. The third-order valence-electron chi connectivity index (χ3n) is 3.40. The molecule has 22 heavy (non-hydrogen) atoms. The van der Waals surface area contributed by atoms with Gasteiger partial charge in [-0.3, -0.25) is 9.72 Å². The van der Waals surface area contributed by atoms with Crippen molar-refractivity contribution in [2.45, 2.75) is 12.9 Å². The lowest BCUT2D eigenvalue weighted by atomic mass is 10.0. The summed E-state index contributed by atoms with van der Waals surface area (Å²) in [6, 6.07) is 11.5. The zero-order chi connectivity index (χ0) is 15.6. The second-order valence-electron chi connectivity index (χ2n) is 4.78. The maximum absolute atomic E-state index is 12.0. The molecule has 0 N–H and O–H groups in total. The van der Waals surface area contributed by atoms with Crippen molar-refractivity contribution in [3.05, 3.63) is 55.0 Å². The van der Waals surface area contributed by atoms with Crippen LogP contribution in [-0.4, -0.2) is 22.5 Å². The molecule has 0 radical (unpaired) electrons. The zero-order valence-electron chi connectivity index (χ0n) is 11.5. The number of aromatic nitrogens is 2.